The Morgan fingerprint density at radius 3 is 2.26 bits per heavy atom. The first-order valence-electron chi connectivity index (χ1n) is 10.2. The van der Waals surface area contributed by atoms with Crippen LogP contribution < -0.4 is 10.1 Å². The summed E-state index contributed by atoms with van der Waals surface area (Å²) in [4.78, 5) is 13.2. The Balaban J connectivity index is 1.73. The van der Waals surface area contributed by atoms with Gasteiger partial charge in [-0.15, -0.1) is 13.2 Å². The van der Waals surface area contributed by atoms with Gasteiger partial charge in [0.2, 0.25) is 5.91 Å². The van der Waals surface area contributed by atoms with Crippen LogP contribution in [0.4, 0.5) is 13.2 Å². The number of halogens is 4. The first-order chi connectivity index (χ1) is 14.6. The van der Waals surface area contributed by atoms with E-state index in [1.54, 1.807) is 0 Å². The summed E-state index contributed by atoms with van der Waals surface area (Å²) >= 11 is 3.42. The van der Waals surface area contributed by atoms with Crippen molar-refractivity contribution in [3.05, 3.63) is 64.1 Å². The van der Waals surface area contributed by atoms with E-state index in [2.05, 4.69) is 26.0 Å². The average Bonchev–Trinajstić information content (AvgIpc) is 3.50. The van der Waals surface area contributed by atoms with Gasteiger partial charge in [-0.2, -0.15) is 0 Å². The Hall–Kier alpha value is -2.06. The highest BCUT2D eigenvalue weighted by Gasteiger charge is 2.51. The highest BCUT2D eigenvalue weighted by atomic mass is 79.9. The number of amides is 1. The van der Waals surface area contributed by atoms with Crippen molar-refractivity contribution < 1.29 is 27.4 Å². The topological polar surface area (TPSA) is 47.6 Å². The predicted molar refractivity (Wildman–Crippen MR) is 115 cm³/mol. The smallest absolute Gasteiger partial charge is 0.406 e. The molecule has 1 fully saturated rings. The van der Waals surface area contributed by atoms with Crippen molar-refractivity contribution in [2.45, 2.75) is 57.0 Å². The molecule has 2 unspecified atom stereocenters. The summed E-state index contributed by atoms with van der Waals surface area (Å²) in [6.07, 6.45) is -3.05. The number of carbonyl (C=O) groups excluding carboxylic acids is 1. The maximum absolute atomic E-state index is 13.2. The molecule has 1 N–H and O–H groups in total. The van der Waals surface area contributed by atoms with Crippen LogP contribution in [0.3, 0.4) is 0 Å². The minimum absolute atomic E-state index is 0.134. The molecule has 1 aliphatic carbocycles. The van der Waals surface area contributed by atoms with Crippen LogP contribution in [0.15, 0.2) is 53.0 Å². The molecule has 0 aliphatic heterocycles. The summed E-state index contributed by atoms with van der Waals surface area (Å²) in [5, 5.41) is 3.13. The molecule has 1 aliphatic rings. The van der Waals surface area contributed by atoms with E-state index in [0.29, 0.717) is 31.4 Å². The molecule has 3 rings (SSSR count). The molecule has 8 heteroatoms. The molecule has 0 spiro atoms. The first-order valence-corrected chi connectivity index (χ1v) is 11.0. The Bertz CT molecular complexity index is 880. The number of hydrogen-bond acceptors (Lipinski definition) is 3. The molecule has 0 radical (unpaired) electrons. The van der Waals surface area contributed by atoms with Crippen LogP contribution in [0.5, 0.6) is 5.75 Å². The maximum Gasteiger partial charge on any atom is 0.573 e. The van der Waals surface area contributed by atoms with Crippen LogP contribution in [0.1, 0.15) is 37.8 Å². The molecule has 31 heavy (non-hydrogen) atoms. The zero-order valence-electron chi connectivity index (χ0n) is 17.3. The molecule has 2 aromatic carbocycles. The van der Waals surface area contributed by atoms with E-state index in [1.807, 2.05) is 38.1 Å². The molecule has 0 bridgehead atoms. The summed E-state index contributed by atoms with van der Waals surface area (Å²) in [5.41, 5.74) is 1.03. The van der Waals surface area contributed by atoms with Crippen LogP contribution >= 0.6 is 15.9 Å². The lowest BCUT2D eigenvalue weighted by atomic mass is 9.93. The van der Waals surface area contributed by atoms with E-state index in [0.717, 1.165) is 10.0 Å². The van der Waals surface area contributed by atoms with Crippen molar-refractivity contribution in [2.75, 3.05) is 6.61 Å². The van der Waals surface area contributed by atoms with Crippen molar-refractivity contribution in [1.29, 1.82) is 0 Å². The zero-order valence-corrected chi connectivity index (χ0v) is 18.9. The first kappa shape index (κ1) is 23.6. The van der Waals surface area contributed by atoms with Crippen LogP contribution in [0, 0.1) is 0 Å². The van der Waals surface area contributed by atoms with Crippen LogP contribution in [0.25, 0.3) is 0 Å². The second-order valence-corrected chi connectivity index (χ2v) is 8.64. The van der Waals surface area contributed by atoms with Gasteiger partial charge in [0, 0.05) is 11.1 Å². The minimum atomic E-state index is -4.74. The fraction of sp³-hybridized carbons (Fsp3) is 0.435. The molecule has 2 atom stereocenters. The van der Waals surface area contributed by atoms with E-state index in [1.165, 1.54) is 24.3 Å². The van der Waals surface area contributed by atoms with Gasteiger partial charge >= 0.3 is 6.36 Å². The molecule has 1 saturated carbocycles. The molecule has 0 aromatic heterocycles. The third-order valence-corrected chi connectivity index (χ3v) is 6.04. The SMILES string of the molecule is CCOC(C)C(Cc1ccc(Br)cc1)NC(=O)C1(c2ccc(OC(F)(F)F)cc2)CC1. The molecule has 0 heterocycles. The standard InChI is InChI=1S/C23H25BrF3NO3/c1-3-30-15(2)20(14-16-4-8-18(24)9-5-16)28-21(29)22(12-13-22)17-6-10-19(11-7-17)31-23(25,26)27/h4-11,15,20H,3,12-14H2,1-2H3,(H,28,29). The van der Waals surface area contributed by atoms with Gasteiger partial charge in [0.15, 0.2) is 0 Å². The Kier molecular flexibility index (Phi) is 7.31. The normalized spacial score (nSPS) is 17.0. The van der Waals surface area contributed by atoms with Gasteiger partial charge in [0.05, 0.1) is 17.6 Å². The summed E-state index contributed by atoms with van der Waals surface area (Å²) in [6, 6.07) is 13.2. The largest absolute Gasteiger partial charge is 0.573 e. The van der Waals surface area contributed by atoms with Crippen molar-refractivity contribution in [3.63, 3.8) is 0 Å². The second kappa shape index (κ2) is 9.61. The zero-order chi connectivity index (χ0) is 22.6. The van der Waals surface area contributed by atoms with Gasteiger partial charge in [-0.25, -0.2) is 0 Å². The summed E-state index contributed by atoms with van der Waals surface area (Å²) in [7, 11) is 0. The van der Waals surface area contributed by atoms with Gasteiger partial charge in [-0.3, -0.25) is 4.79 Å². The highest BCUT2D eigenvalue weighted by molar-refractivity contribution is 9.10. The highest BCUT2D eigenvalue weighted by Crippen LogP contribution is 2.49. The van der Waals surface area contributed by atoms with Crippen molar-refractivity contribution in [3.8, 4) is 5.75 Å². The van der Waals surface area contributed by atoms with Crippen LogP contribution in [-0.4, -0.2) is 31.0 Å². The van der Waals surface area contributed by atoms with Gasteiger partial charge in [-0.05, 0) is 68.5 Å². The molecule has 0 saturated heterocycles. The molecule has 4 nitrogen and oxygen atoms in total. The molecular weight excluding hydrogens is 475 g/mol. The number of ether oxygens (including phenoxy) is 2. The van der Waals surface area contributed by atoms with Crippen molar-refractivity contribution in [1.82, 2.24) is 5.32 Å². The molecule has 168 valence electrons. The lowest BCUT2D eigenvalue weighted by Gasteiger charge is -2.28. The van der Waals surface area contributed by atoms with E-state index < -0.39 is 11.8 Å². The fourth-order valence-electron chi connectivity index (χ4n) is 3.64. The van der Waals surface area contributed by atoms with E-state index >= 15 is 0 Å². The Labute approximate surface area is 188 Å². The number of rotatable bonds is 9. The Morgan fingerprint density at radius 1 is 1.13 bits per heavy atom. The Morgan fingerprint density at radius 2 is 1.74 bits per heavy atom. The van der Waals surface area contributed by atoms with Crippen molar-refractivity contribution in [2.24, 2.45) is 0 Å². The predicted octanol–water partition coefficient (Wildman–Crippen LogP) is 5.53. The van der Waals surface area contributed by atoms with Crippen LogP contribution in [-0.2, 0) is 21.4 Å². The third kappa shape index (κ3) is 6.23. The monoisotopic (exact) mass is 499 g/mol. The number of hydrogen-bond donors (Lipinski definition) is 1. The number of nitrogens with one attached hydrogen (secondary N) is 1. The lowest BCUT2D eigenvalue weighted by molar-refractivity contribution is -0.274. The minimum Gasteiger partial charge on any atom is -0.406 e. The number of carbonyl (C=O) groups is 1. The van der Waals surface area contributed by atoms with E-state index in [4.69, 9.17) is 4.74 Å². The van der Waals surface area contributed by atoms with E-state index in [-0.39, 0.29) is 23.8 Å². The maximum atomic E-state index is 13.2. The third-order valence-electron chi connectivity index (χ3n) is 5.51. The second-order valence-electron chi connectivity index (χ2n) is 7.73. The molecule has 2 aromatic rings. The van der Waals surface area contributed by atoms with Gasteiger partial charge in [0.1, 0.15) is 5.75 Å². The summed E-state index contributed by atoms with van der Waals surface area (Å²) in [5.74, 6) is -0.434. The van der Waals surface area contributed by atoms with Crippen LogP contribution in [0.2, 0.25) is 0 Å². The quantitative estimate of drug-likeness (QED) is 0.493. The average molecular weight is 500 g/mol. The van der Waals surface area contributed by atoms with E-state index in [9.17, 15) is 18.0 Å². The van der Waals surface area contributed by atoms with Gasteiger partial charge in [-0.1, -0.05) is 40.2 Å². The number of benzene rings is 2. The fourth-order valence-corrected chi connectivity index (χ4v) is 3.91. The summed E-state index contributed by atoms with van der Waals surface area (Å²) in [6.45, 7) is 4.36. The van der Waals surface area contributed by atoms with Gasteiger partial charge in [0.25, 0.3) is 0 Å². The van der Waals surface area contributed by atoms with Crippen molar-refractivity contribution >= 4 is 21.8 Å². The lowest BCUT2D eigenvalue weighted by Crippen LogP contribution is -2.48. The molecule has 1 amide bonds. The molecular formula is C23H25BrF3NO3. The van der Waals surface area contributed by atoms with Gasteiger partial charge < -0.3 is 14.8 Å². The summed E-state index contributed by atoms with van der Waals surface area (Å²) < 4.78 is 47.9. The number of alkyl halides is 3.